The zero-order valence-corrected chi connectivity index (χ0v) is 12.6. The molecule has 3 rings (SSSR count). The summed E-state index contributed by atoms with van der Waals surface area (Å²) in [6, 6.07) is 4.59. The van der Waals surface area contributed by atoms with E-state index in [0.717, 1.165) is 31.7 Å². The number of fused-ring (bicyclic) bond motifs is 1. The molecule has 2 unspecified atom stereocenters. The molecule has 0 spiro atoms. The van der Waals surface area contributed by atoms with Crippen molar-refractivity contribution >= 4 is 11.7 Å². The number of hydrogen-bond donors (Lipinski definition) is 2. The number of rotatable bonds is 4. The van der Waals surface area contributed by atoms with Crippen molar-refractivity contribution in [2.45, 2.75) is 44.7 Å². The Hall–Kier alpha value is -1.62. The minimum atomic E-state index is 0.0213. The normalized spacial score (nSPS) is 25.4. The topological polar surface area (TPSA) is 57.3 Å². The van der Waals surface area contributed by atoms with Crippen LogP contribution in [-0.2, 0) is 0 Å². The van der Waals surface area contributed by atoms with E-state index in [1.807, 2.05) is 13.0 Å². The van der Waals surface area contributed by atoms with Gasteiger partial charge in [-0.1, -0.05) is 0 Å². The smallest absolute Gasteiger partial charge is 0.251 e. The van der Waals surface area contributed by atoms with Crippen molar-refractivity contribution in [3.05, 3.63) is 23.9 Å². The summed E-state index contributed by atoms with van der Waals surface area (Å²) in [5.41, 5.74) is 0.690. The zero-order chi connectivity index (χ0) is 14.7. The molecule has 21 heavy (non-hydrogen) atoms. The lowest BCUT2D eigenvalue weighted by Crippen LogP contribution is -2.47. The molecule has 2 N–H and O–H groups in total. The average Bonchev–Trinajstić information content (AvgIpc) is 2.95. The van der Waals surface area contributed by atoms with E-state index in [1.54, 1.807) is 12.3 Å². The summed E-state index contributed by atoms with van der Waals surface area (Å²) < 4.78 is 0. The van der Waals surface area contributed by atoms with Crippen LogP contribution >= 0.6 is 0 Å². The predicted molar refractivity (Wildman–Crippen MR) is 83.5 cm³/mol. The van der Waals surface area contributed by atoms with Crippen LogP contribution in [0.4, 0.5) is 5.82 Å². The van der Waals surface area contributed by atoms with E-state index in [1.165, 1.54) is 19.4 Å². The number of aromatic nitrogens is 1. The van der Waals surface area contributed by atoms with Gasteiger partial charge in [0.15, 0.2) is 0 Å². The molecule has 0 bridgehead atoms. The maximum absolute atomic E-state index is 12.4. The highest BCUT2D eigenvalue weighted by atomic mass is 16.1. The largest absolute Gasteiger partial charge is 0.370 e. The summed E-state index contributed by atoms with van der Waals surface area (Å²) in [6.07, 6.45) is 6.44. The number of pyridine rings is 1. The number of nitrogens with one attached hydrogen (secondary N) is 2. The van der Waals surface area contributed by atoms with E-state index in [9.17, 15) is 4.79 Å². The molecular formula is C16H24N4O. The molecule has 2 saturated heterocycles. The van der Waals surface area contributed by atoms with Crippen LogP contribution in [-0.4, -0.2) is 47.5 Å². The summed E-state index contributed by atoms with van der Waals surface area (Å²) in [7, 11) is 0. The van der Waals surface area contributed by atoms with Gasteiger partial charge >= 0.3 is 0 Å². The van der Waals surface area contributed by atoms with E-state index in [0.29, 0.717) is 17.6 Å². The van der Waals surface area contributed by atoms with Crippen LogP contribution in [0.15, 0.2) is 18.3 Å². The van der Waals surface area contributed by atoms with Crippen molar-refractivity contribution in [3.63, 3.8) is 0 Å². The second-order valence-electron chi connectivity index (χ2n) is 5.99. The number of anilines is 1. The Morgan fingerprint density at radius 1 is 1.43 bits per heavy atom. The van der Waals surface area contributed by atoms with Gasteiger partial charge in [0, 0.05) is 36.9 Å². The van der Waals surface area contributed by atoms with Crippen LogP contribution < -0.4 is 10.6 Å². The number of hydrogen-bond acceptors (Lipinski definition) is 4. The second-order valence-corrected chi connectivity index (χ2v) is 5.99. The van der Waals surface area contributed by atoms with Gasteiger partial charge in [0.1, 0.15) is 5.82 Å². The third-order valence-electron chi connectivity index (χ3n) is 4.54. The van der Waals surface area contributed by atoms with Gasteiger partial charge in [-0.3, -0.25) is 4.79 Å². The SMILES string of the molecule is CCNc1cc(C(=O)NC2CCN3CCCC3C2)ccn1. The van der Waals surface area contributed by atoms with Crippen LogP contribution in [0.3, 0.4) is 0 Å². The molecule has 0 radical (unpaired) electrons. The average molecular weight is 288 g/mol. The van der Waals surface area contributed by atoms with Gasteiger partial charge in [-0.25, -0.2) is 4.98 Å². The molecule has 0 saturated carbocycles. The monoisotopic (exact) mass is 288 g/mol. The Labute approximate surface area is 126 Å². The Kier molecular flexibility index (Phi) is 4.39. The minimum Gasteiger partial charge on any atom is -0.370 e. The molecule has 1 aromatic rings. The van der Waals surface area contributed by atoms with Crippen molar-refractivity contribution in [1.29, 1.82) is 0 Å². The van der Waals surface area contributed by atoms with Crippen LogP contribution in [0.25, 0.3) is 0 Å². The van der Waals surface area contributed by atoms with E-state index in [4.69, 9.17) is 0 Å². The molecule has 3 heterocycles. The zero-order valence-electron chi connectivity index (χ0n) is 12.6. The highest BCUT2D eigenvalue weighted by Gasteiger charge is 2.32. The molecule has 0 aromatic carbocycles. The van der Waals surface area contributed by atoms with Gasteiger partial charge in [-0.15, -0.1) is 0 Å². The first-order valence-corrected chi connectivity index (χ1v) is 8.01. The van der Waals surface area contributed by atoms with E-state index in [2.05, 4.69) is 20.5 Å². The quantitative estimate of drug-likeness (QED) is 0.888. The Bertz CT molecular complexity index is 505. The molecule has 2 atom stereocenters. The maximum atomic E-state index is 12.4. The molecule has 2 aliphatic rings. The Balaban J connectivity index is 1.59. The number of carbonyl (C=O) groups excluding carboxylic acids is 1. The second kappa shape index (κ2) is 6.43. The van der Waals surface area contributed by atoms with Crippen molar-refractivity contribution in [1.82, 2.24) is 15.2 Å². The molecule has 0 aliphatic carbocycles. The van der Waals surface area contributed by atoms with Crippen LogP contribution in [0.2, 0.25) is 0 Å². The van der Waals surface area contributed by atoms with Gasteiger partial charge < -0.3 is 15.5 Å². The highest BCUT2D eigenvalue weighted by Crippen LogP contribution is 2.27. The van der Waals surface area contributed by atoms with Crippen LogP contribution in [0.1, 0.15) is 43.0 Å². The van der Waals surface area contributed by atoms with Gasteiger partial charge in [0.25, 0.3) is 5.91 Å². The number of amides is 1. The fourth-order valence-corrected chi connectivity index (χ4v) is 3.47. The summed E-state index contributed by atoms with van der Waals surface area (Å²) in [6.45, 7) is 5.18. The van der Waals surface area contributed by atoms with Crippen LogP contribution in [0.5, 0.6) is 0 Å². The molecule has 1 aromatic heterocycles. The lowest BCUT2D eigenvalue weighted by Gasteiger charge is -2.35. The molecule has 2 fully saturated rings. The lowest BCUT2D eigenvalue weighted by molar-refractivity contribution is 0.0896. The molecule has 5 heteroatoms. The standard InChI is InChI=1S/C16H24N4O/c1-2-17-15-10-12(5-7-18-15)16(21)19-13-6-9-20-8-3-4-14(20)11-13/h5,7,10,13-14H,2-4,6,8-9,11H2,1H3,(H,17,18)(H,19,21). The Morgan fingerprint density at radius 3 is 3.19 bits per heavy atom. The first-order chi connectivity index (χ1) is 10.3. The Morgan fingerprint density at radius 2 is 2.33 bits per heavy atom. The van der Waals surface area contributed by atoms with Crippen LogP contribution in [0, 0.1) is 0 Å². The highest BCUT2D eigenvalue weighted by molar-refractivity contribution is 5.95. The van der Waals surface area contributed by atoms with E-state index < -0.39 is 0 Å². The van der Waals surface area contributed by atoms with Crippen molar-refractivity contribution < 1.29 is 4.79 Å². The summed E-state index contributed by atoms with van der Waals surface area (Å²) >= 11 is 0. The van der Waals surface area contributed by atoms with Gasteiger partial charge in [0.2, 0.25) is 0 Å². The third-order valence-corrected chi connectivity index (χ3v) is 4.54. The molecule has 114 valence electrons. The molecular weight excluding hydrogens is 264 g/mol. The molecule has 2 aliphatic heterocycles. The predicted octanol–water partition coefficient (Wildman–Crippen LogP) is 1.87. The number of piperidine rings is 1. The van der Waals surface area contributed by atoms with Crippen molar-refractivity contribution in [2.75, 3.05) is 25.0 Å². The maximum Gasteiger partial charge on any atom is 0.251 e. The lowest BCUT2D eigenvalue weighted by atomic mass is 9.97. The fraction of sp³-hybridized carbons (Fsp3) is 0.625. The first-order valence-electron chi connectivity index (χ1n) is 8.01. The third kappa shape index (κ3) is 3.35. The number of carbonyl (C=O) groups is 1. The molecule has 5 nitrogen and oxygen atoms in total. The van der Waals surface area contributed by atoms with Crippen molar-refractivity contribution in [3.8, 4) is 0 Å². The van der Waals surface area contributed by atoms with E-state index >= 15 is 0 Å². The van der Waals surface area contributed by atoms with Gasteiger partial charge in [0.05, 0.1) is 0 Å². The first kappa shape index (κ1) is 14.3. The van der Waals surface area contributed by atoms with Gasteiger partial charge in [-0.05, 0) is 51.3 Å². The molecule has 1 amide bonds. The summed E-state index contributed by atoms with van der Waals surface area (Å²) in [5, 5.41) is 6.33. The van der Waals surface area contributed by atoms with Gasteiger partial charge in [-0.2, -0.15) is 0 Å². The summed E-state index contributed by atoms with van der Waals surface area (Å²) in [5.74, 6) is 0.781. The van der Waals surface area contributed by atoms with Crippen molar-refractivity contribution in [2.24, 2.45) is 0 Å². The van der Waals surface area contributed by atoms with E-state index in [-0.39, 0.29) is 5.91 Å². The number of nitrogens with zero attached hydrogens (tertiary/aromatic N) is 2. The fourth-order valence-electron chi connectivity index (χ4n) is 3.47. The minimum absolute atomic E-state index is 0.0213. The summed E-state index contributed by atoms with van der Waals surface area (Å²) in [4.78, 5) is 19.2.